The van der Waals surface area contributed by atoms with Gasteiger partial charge in [0.25, 0.3) is 10.0 Å². The molecule has 1 aliphatic heterocycles. The van der Waals surface area contributed by atoms with Gasteiger partial charge in [-0.1, -0.05) is 41.4 Å². The summed E-state index contributed by atoms with van der Waals surface area (Å²) < 4.78 is 28.3. The van der Waals surface area contributed by atoms with E-state index in [9.17, 15) is 8.42 Å². The molecule has 0 atom stereocenters. The molecule has 6 nitrogen and oxygen atoms in total. The molecule has 0 bridgehead atoms. The van der Waals surface area contributed by atoms with Gasteiger partial charge in [0.1, 0.15) is 4.90 Å². The van der Waals surface area contributed by atoms with E-state index >= 15 is 0 Å². The quantitative estimate of drug-likeness (QED) is 0.572. The van der Waals surface area contributed by atoms with Crippen LogP contribution in [0.3, 0.4) is 0 Å². The lowest BCUT2D eigenvalue weighted by molar-refractivity contribution is 0.459. The van der Waals surface area contributed by atoms with Crippen LogP contribution in [0.15, 0.2) is 56.9 Å². The summed E-state index contributed by atoms with van der Waals surface area (Å²) in [6.07, 6.45) is 1.62. The van der Waals surface area contributed by atoms with E-state index in [1.54, 1.807) is 36.4 Å². The number of nitriles is 1. The van der Waals surface area contributed by atoms with Crippen LogP contribution in [-0.4, -0.2) is 32.0 Å². The van der Waals surface area contributed by atoms with Gasteiger partial charge in [-0.2, -0.15) is 18.8 Å². The molecule has 132 valence electrons. The number of rotatable bonds is 4. The number of sulfonamides is 1. The Hall–Kier alpha value is -2.40. The molecule has 0 fully saturated rings. The Balaban J connectivity index is 2.00. The predicted octanol–water partition coefficient (Wildman–Crippen LogP) is 3.69. The lowest BCUT2D eigenvalue weighted by Gasteiger charge is -2.17. The van der Waals surface area contributed by atoms with Crippen LogP contribution in [0.5, 0.6) is 0 Å². The molecule has 0 radical (unpaired) electrons. The van der Waals surface area contributed by atoms with E-state index in [4.69, 9.17) is 28.5 Å². The number of hydrazone groups is 1. The molecule has 3 rings (SSSR count). The summed E-state index contributed by atoms with van der Waals surface area (Å²) in [5.41, 5.74) is 1.05. The topological polar surface area (TPSA) is 85.9 Å². The molecule has 2 aromatic rings. The number of amidine groups is 1. The van der Waals surface area contributed by atoms with E-state index in [1.807, 2.05) is 6.07 Å². The molecule has 1 heterocycles. The van der Waals surface area contributed by atoms with Crippen molar-refractivity contribution < 1.29 is 8.42 Å². The summed E-state index contributed by atoms with van der Waals surface area (Å²) in [7, 11) is -3.78. The maximum Gasteiger partial charge on any atom is 0.285 e. The van der Waals surface area contributed by atoms with Gasteiger partial charge in [-0.3, -0.25) is 0 Å². The van der Waals surface area contributed by atoms with Crippen LogP contribution in [0.1, 0.15) is 17.5 Å². The zero-order valence-electron chi connectivity index (χ0n) is 13.3. The normalized spacial score (nSPS) is 14.7. The molecule has 0 amide bonds. The molecule has 0 N–H and O–H groups in total. The molecule has 0 unspecified atom stereocenters. The van der Waals surface area contributed by atoms with Gasteiger partial charge in [-0.25, -0.2) is 5.01 Å². The van der Waals surface area contributed by atoms with Crippen molar-refractivity contribution in [3.05, 3.63) is 63.6 Å². The van der Waals surface area contributed by atoms with Gasteiger partial charge in [0.2, 0.25) is 0 Å². The largest absolute Gasteiger partial charge is 0.285 e. The van der Waals surface area contributed by atoms with E-state index in [1.165, 1.54) is 17.3 Å². The van der Waals surface area contributed by atoms with Gasteiger partial charge in [0.05, 0.1) is 30.3 Å². The summed E-state index contributed by atoms with van der Waals surface area (Å²) in [6.45, 7) is 0.181. The standard InChI is InChI=1S/C17H12Cl2N4O2S/c18-13-7-6-12(15(19)10-13)11-21-23(9-3-8-20)17-14-4-1-2-5-16(14)26(24,25)22-17/h1-2,4-7,10-11H,3,9H2/b21-11+. The molecule has 9 heteroatoms. The van der Waals surface area contributed by atoms with Crippen molar-refractivity contribution in [2.75, 3.05) is 6.54 Å². The summed E-state index contributed by atoms with van der Waals surface area (Å²) in [5, 5.41) is 15.5. The van der Waals surface area contributed by atoms with Gasteiger partial charge in [0, 0.05) is 16.1 Å². The first-order chi connectivity index (χ1) is 12.4. The number of hydrogen-bond acceptors (Lipinski definition) is 5. The summed E-state index contributed by atoms with van der Waals surface area (Å²) in [4.78, 5) is 0.122. The van der Waals surface area contributed by atoms with Crippen molar-refractivity contribution >= 4 is 45.3 Å². The van der Waals surface area contributed by atoms with Gasteiger partial charge in [-0.15, -0.1) is 4.40 Å². The average Bonchev–Trinajstić information content (AvgIpc) is 2.88. The monoisotopic (exact) mass is 406 g/mol. The number of hydrogen-bond donors (Lipinski definition) is 0. The minimum atomic E-state index is -3.78. The number of fused-ring (bicyclic) bond motifs is 1. The van der Waals surface area contributed by atoms with Crippen LogP contribution in [-0.2, 0) is 10.0 Å². The highest BCUT2D eigenvalue weighted by Gasteiger charge is 2.31. The maximum absolute atomic E-state index is 12.2. The average molecular weight is 407 g/mol. The zero-order chi connectivity index (χ0) is 18.7. The highest BCUT2D eigenvalue weighted by Crippen LogP contribution is 2.28. The fourth-order valence-electron chi connectivity index (χ4n) is 2.39. The Kier molecular flexibility index (Phi) is 5.28. The lowest BCUT2D eigenvalue weighted by Crippen LogP contribution is -2.27. The first-order valence-corrected chi connectivity index (χ1v) is 9.70. The van der Waals surface area contributed by atoms with Gasteiger partial charge < -0.3 is 0 Å². The Morgan fingerprint density at radius 1 is 1.23 bits per heavy atom. The smallest absolute Gasteiger partial charge is 0.246 e. The van der Waals surface area contributed by atoms with Crippen LogP contribution in [0.4, 0.5) is 0 Å². The molecular formula is C17H12Cl2N4O2S. The Labute approximate surface area is 161 Å². The second-order valence-corrected chi connectivity index (χ2v) is 7.74. The van der Waals surface area contributed by atoms with E-state index < -0.39 is 10.0 Å². The predicted molar refractivity (Wildman–Crippen MR) is 101 cm³/mol. The third kappa shape index (κ3) is 3.73. The van der Waals surface area contributed by atoms with Crippen molar-refractivity contribution in [3.63, 3.8) is 0 Å². The summed E-state index contributed by atoms with van der Waals surface area (Å²) in [6, 6.07) is 13.5. The van der Waals surface area contributed by atoms with Crippen LogP contribution >= 0.6 is 23.2 Å². The third-order valence-electron chi connectivity index (χ3n) is 3.59. The number of nitrogens with zero attached hydrogens (tertiary/aromatic N) is 4. The van der Waals surface area contributed by atoms with Crippen molar-refractivity contribution in [3.8, 4) is 6.07 Å². The molecule has 0 aliphatic carbocycles. The van der Waals surface area contributed by atoms with Crippen molar-refractivity contribution in [1.82, 2.24) is 5.01 Å². The van der Waals surface area contributed by atoms with Crippen LogP contribution in [0.2, 0.25) is 10.0 Å². The highest BCUT2D eigenvalue weighted by atomic mass is 35.5. The van der Waals surface area contributed by atoms with Crippen molar-refractivity contribution in [1.29, 1.82) is 5.26 Å². The van der Waals surface area contributed by atoms with Crippen LogP contribution in [0, 0.1) is 11.3 Å². The van der Waals surface area contributed by atoms with Crippen LogP contribution in [0.25, 0.3) is 0 Å². The Morgan fingerprint density at radius 3 is 2.73 bits per heavy atom. The molecule has 0 saturated carbocycles. The zero-order valence-corrected chi connectivity index (χ0v) is 15.6. The van der Waals surface area contributed by atoms with Gasteiger partial charge >= 0.3 is 0 Å². The summed E-state index contributed by atoms with van der Waals surface area (Å²) >= 11 is 12.0. The van der Waals surface area contributed by atoms with Crippen LogP contribution < -0.4 is 0 Å². The Bertz CT molecular complexity index is 1060. The first-order valence-electron chi connectivity index (χ1n) is 7.50. The van der Waals surface area contributed by atoms with E-state index in [0.717, 1.165) is 0 Å². The fraction of sp³-hybridized carbons (Fsp3) is 0.118. The molecule has 1 aliphatic rings. The molecular weight excluding hydrogens is 395 g/mol. The first kappa shape index (κ1) is 18.4. The SMILES string of the molecule is N#CCCN(/N=C/c1ccc(Cl)cc1Cl)C1=NS(=O)(=O)c2ccccc21. The molecule has 2 aromatic carbocycles. The summed E-state index contributed by atoms with van der Waals surface area (Å²) in [5.74, 6) is 0.178. The van der Waals surface area contributed by atoms with Gasteiger partial charge in [-0.05, 0) is 24.3 Å². The second-order valence-electron chi connectivity index (χ2n) is 5.33. The lowest BCUT2D eigenvalue weighted by atomic mass is 10.2. The molecule has 0 saturated heterocycles. The number of halogens is 2. The van der Waals surface area contributed by atoms with Crippen molar-refractivity contribution in [2.45, 2.75) is 11.3 Å². The molecule has 0 aromatic heterocycles. The van der Waals surface area contributed by atoms with Crippen molar-refractivity contribution in [2.24, 2.45) is 9.50 Å². The third-order valence-corrected chi connectivity index (χ3v) is 5.48. The van der Waals surface area contributed by atoms with E-state index in [0.29, 0.717) is 21.2 Å². The molecule has 26 heavy (non-hydrogen) atoms. The fourth-order valence-corrected chi connectivity index (χ4v) is 4.05. The maximum atomic E-state index is 12.2. The minimum Gasteiger partial charge on any atom is -0.246 e. The minimum absolute atomic E-state index is 0.122. The van der Waals surface area contributed by atoms with Gasteiger partial charge in [0.15, 0.2) is 5.84 Å². The van der Waals surface area contributed by atoms with E-state index in [-0.39, 0.29) is 23.7 Å². The van der Waals surface area contributed by atoms with E-state index in [2.05, 4.69) is 9.50 Å². The molecule has 0 spiro atoms. The highest BCUT2D eigenvalue weighted by molar-refractivity contribution is 7.90. The number of benzene rings is 2. The Morgan fingerprint density at radius 2 is 2.00 bits per heavy atom. The second kappa shape index (κ2) is 7.46.